The minimum absolute atomic E-state index is 0.127. The van der Waals surface area contributed by atoms with Gasteiger partial charge in [-0.15, -0.1) is 11.3 Å². The molecule has 0 unspecified atom stereocenters. The molecule has 1 amide bonds. The SMILES string of the molecule is O=C(CS)Nc1nccs1. The third-order valence-electron chi connectivity index (χ3n) is 0.822. The lowest BCUT2D eigenvalue weighted by molar-refractivity contribution is -0.113. The maximum Gasteiger partial charge on any atom is 0.235 e. The van der Waals surface area contributed by atoms with Crippen LogP contribution >= 0.6 is 24.0 Å². The van der Waals surface area contributed by atoms with Gasteiger partial charge >= 0.3 is 0 Å². The standard InChI is InChI=1S/C5H6N2OS2/c8-4(3-9)7-5-6-1-2-10-5/h1-2,9H,3H2,(H,6,7,8). The largest absolute Gasteiger partial charge is 0.301 e. The number of carbonyl (C=O) groups is 1. The molecule has 1 aromatic heterocycles. The van der Waals surface area contributed by atoms with Gasteiger partial charge < -0.3 is 5.32 Å². The highest BCUT2D eigenvalue weighted by Gasteiger charge is 1.98. The minimum atomic E-state index is -0.127. The van der Waals surface area contributed by atoms with E-state index in [4.69, 9.17) is 0 Å². The summed E-state index contributed by atoms with van der Waals surface area (Å²) in [6.07, 6.45) is 1.64. The average molecular weight is 174 g/mol. The Morgan fingerprint density at radius 1 is 1.90 bits per heavy atom. The minimum Gasteiger partial charge on any atom is -0.301 e. The molecule has 0 aromatic carbocycles. The molecule has 10 heavy (non-hydrogen) atoms. The summed E-state index contributed by atoms with van der Waals surface area (Å²) < 4.78 is 0. The van der Waals surface area contributed by atoms with E-state index in [1.165, 1.54) is 11.3 Å². The van der Waals surface area contributed by atoms with Crippen molar-refractivity contribution in [3.63, 3.8) is 0 Å². The number of nitrogens with one attached hydrogen (secondary N) is 1. The van der Waals surface area contributed by atoms with E-state index in [0.29, 0.717) is 5.13 Å². The Kier molecular flexibility index (Phi) is 2.70. The second-order valence-electron chi connectivity index (χ2n) is 1.54. The molecule has 0 saturated heterocycles. The first-order valence-corrected chi connectivity index (χ1v) is 4.14. The Hall–Kier alpha value is -0.550. The van der Waals surface area contributed by atoms with Gasteiger partial charge in [-0.2, -0.15) is 12.6 Å². The smallest absolute Gasteiger partial charge is 0.235 e. The van der Waals surface area contributed by atoms with Gasteiger partial charge in [0.15, 0.2) is 5.13 Å². The van der Waals surface area contributed by atoms with E-state index >= 15 is 0 Å². The first-order chi connectivity index (χ1) is 4.83. The molecule has 0 radical (unpaired) electrons. The lowest BCUT2D eigenvalue weighted by Crippen LogP contribution is -2.11. The van der Waals surface area contributed by atoms with Crippen LogP contribution in [0, 0.1) is 0 Å². The van der Waals surface area contributed by atoms with Gasteiger partial charge in [0, 0.05) is 11.6 Å². The molecule has 0 fully saturated rings. The average Bonchev–Trinajstić information content (AvgIpc) is 2.40. The summed E-state index contributed by atoms with van der Waals surface area (Å²) in [5.74, 6) is 0.0674. The molecule has 1 aromatic rings. The zero-order valence-corrected chi connectivity index (χ0v) is 6.78. The molecule has 1 heterocycles. The molecule has 0 atom stereocenters. The second kappa shape index (κ2) is 3.58. The van der Waals surface area contributed by atoms with E-state index in [-0.39, 0.29) is 11.7 Å². The van der Waals surface area contributed by atoms with Crippen LogP contribution in [-0.4, -0.2) is 16.6 Å². The van der Waals surface area contributed by atoms with Crippen LogP contribution in [0.4, 0.5) is 5.13 Å². The number of nitrogens with zero attached hydrogens (tertiary/aromatic N) is 1. The second-order valence-corrected chi connectivity index (χ2v) is 2.75. The Labute approximate surface area is 67.9 Å². The highest BCUT2D eigenvalue weighted by molar-refractivity contribution is 7.81. The van der Waals surface area contributed by atoms with Crippen molar-refractivity contribution in [1.29, 1.82) is 0 Å². The van der Waals surface area contributed by atoms with Gasteiger partial charge in [-0.3, -0.25) is 4.79 Å². The van der Waals surface area contributed by atoms with Crippen molar-refractivity contribution >= 4 is 35.0 Å². The van der Waals surface area contributed by atoms with E-state index in [1.807, 2.05) is 0 Å². The Morgan fingerprint density at radius 3 is 3.20 bits per heavy atom. The normalized spacial score (nSPS) is 9.30. The summed E-state index contributed by atoms with van der Waals surface area (Å²) >= 11 is 5.18. The Morgan fingerprint density at radius 2 is 2.70 bits per heavy atom. The van der Waals surface area contributed by atoms with E-state index in [0.717, 1.165) is 0 Å². The molecule has 0 spiro atoms. The van der Waals surface area contributed by atoms with Crippen LogP contribution < -0.4 is 5.32 Å². The van der Waals surface area contributed by atoms with Gasteiger partial charge in [0.2, 0.25) is 5.91 Å². The molecule has 1 N–H and O–H groups in total. The molecule has 3 nitrogen and oxygen atoms in total. The summed E-state index contributed by atoms with van der Waals surface area (Å²) in [4.78, 5) is 14.5. The van der Waals surface area contributed by atoms with Gasteiger partial charge in [0.1, 0.15) is 0 Å². The first kappa shape index (κ1) is 7.56. The van der Waals surface area contributed by atoms with Crippen LogP contribution in [-0.2, 0) is 4.79 Å². The van der Waals surface area contributed by atoms with E-state index < -0.39 is 0 Å². The van der Waals surface area contributed by atoms with Gasteiger partial charge in [0.25, 0.3) is 0 Å². The number of thiazole rings is 1. The fourth-order valence-corrected chi connectivity index (χ4v) is 1.07. The molecular weight excluding hydrogens is 168 g/mol. The van der Waals surface area contributed by atoms with Crippen LogP contribution in [0.5, 0.6) is 0 Å². The number of amides is 1. The first-order valence-electron chi connectivity index (χ1n) is 2.63. The predicted octanol–water partition coefficient (Wildman–Crippen LogP) is 1.01. The molecule has 0 aliphatic carbocycles. The molecule has 0 bridgehead atoms. The lowest BCUT2D eigenvalue weighted by atomic mass is 10.7. The van der Waals surface area contributed by atoms with Crippen molar-refractivity contribution in [3.05, 3.63) is 11.6 Å². The number of thiol groups is 1. The molecule has 1 rings (SSSR count). The van der Waals surface area contributed by atoms with Crippen molar-refractivity contribution in [3.8, 4) is 0 Å². The quantitative estimate of drug-likeness (QED) is 0.657. The number of hydrogen-bond donors (Lipinski definition) is 2. The van der Waals surface area contributed by atoms with Gasteiger partial charge in [-0.05, 0) is 0 Å². The van der Waals surface area contributed by atoms with Crippen LogP contribution in [0.15, 0.2) is 11.6 Å². The summed E-state index contributed by atoms with van der Waals surface area (Å²) in [7, 11) is 0. The fraction of sp³-hybridized carbons (Fsp3) is 0.200. The third-order valence-corrected chi connectivity index (χ3v) is 1.80. The van der Waals surface area contributed by atoms with E-state index in [9.17, 15) is 4.79 Å². The number of anilines is 1. The number of aromatic nitrogens is 1. The zero-order valence-electron chi connectivity index (χ0n) is 5.07. The topological polar surface area (TPSA) is 42.0 Å². The summed E-state index contributed by atoms with van der Waals surface area (Å²) in [6, 6.07) is 0. The maximum absolute atomic E-state index is 10.7. The van der Waals surface area contributed by atoms with Crippen LogP contribution in [0.1, 0.15) is 0 Å². The molecule has 54 valence electrons. The molecular formula is C5H6N2OS2. The van der Waals surface area contributed by atoms with Crippen molar-refractivity contribution in [2.45, 2.75) is 0 Å². The van der Waals surface area contributed by atoms with E-state index in [2.05, 4.69) is 22.9 Å². The number of carbonyl (C=O) groups excluding carboxylic acids is 1. The van der Waals surface area contributed by atoms with Crippen molar-refractivity contribution in [2.75, 3.05) is 11.1 Å². The van der Waals surface area contributed by atoms with Crippen molar-refractivity contribution < 1.29 is 4.79 Å². The maximum atomic E-state index is 10.7. The zero-order chi connectivity index (χ0) is 7.40. The Balaban J connectivity index is 2.48. The third kappa shape index (κ3) is 2.00. The van der Waals surface area contributed by atoms with Gasteiger partial charge in [-0.1, -0.05) is 0 Å². The van der Waals surface area contributed by atoms with Gasteiger partial charge in [0.05, 0.1) is 5.75 Å². The highest BCUT2D eigenvalue weighted by atomic mass is 32.1. The number of rotatable bonds is 2. The van der Waals surface area contributed by atoms with Gasteiger partial charge in [-0.25, -0.2) is 4.98 Å². The number of hydrogen-bond acceptors (Lipinski definition) is 4. The van der Waals surface area contributed by atoms with Crippen LogP contribution in [0.3, 0.4) is 0 Å². The highest BCUT2D eigenvalue weighted by Crippen LogP contribution is 2.09. The summed E-state index contributed by atoms with van der Waals surface area (Å²) in [6.45, 7) is 0. The summed E-state index contributed by atoms with van der Waals surface area (Å²) in [5.41, 5.74) is 0. The molecule has 0 aliphatic heterocycles. The van der Waals surface area contributed by atoms with E-state index in [1.54, 1.807) is 11.6 Å². The van der Waals surface area contributed by atoms with Crippen LogP contribution in [0.25, 0.3) is 0 Å². The van der Waals surface area contributed by atoms with Crippen molar-refractivity contribution in [1.82, 2.24) is 4.98 Å². The summed E-state index contributed by atoms with van der Waals surface area (Å²) in [5, 5.41) is 4.99. The lowest BCUT2D eigenvalue weighted by Gasteiger charge is -1.94. The van der Waals surface area contributed by atoms with Crippen molar-refractivity contribution in [2.24, 2.45) is 0 Å². The Bertz CT molecular complexity index is 209. The molecule has 5 heteroatoms. The predicted molar refractivity (Wildman–Crippen MR) is 44.6 cm³/mol. The fourth-order valence-electron chi connectivity index (χ4n) is 0.444. The monoisotopic (exact) mass is 174 g/mol. The molecule has 0 saturated carbocycles. The molecule has 0 aliphatic rings. The van der Waals surface area contributed by atoms with Crippen LogP contribution in [0.2, 0.25) is 0 Å².